The number of hydrogen-bond acceptors (Lipinski definition) is 1. The van der Waals surface area contributed by atoms with E-state index in [1.165, 1.54) is 0 Å². The fraction of sp³-hybridized carbons (Fsp3) is 0.0588. The van der Waals surface area contributed by atoms with Gasteiger partial charge in [0.05, 0.1) is 11.4 Å². The lowest BCUT2D eigenvalue weighted by Gasteiger charge is -2.13. The second-order valence-electron chi connectivity index (χ2n) is 4.69. The van der Waals surface area contributed by atoms with E-state index in [1.807, 2.05) is 41.8 Å². The zero-order valence-corrected chi connectivity index (χ0v) is 11.8. The summed E-state index contributed by atoms with van der Waals surface area (Å²) in [6.07, 6.45) is 0. The zero-order chi connectivity index (χ0) is 14.1. The summed E-state index contributed by atoms with van der Waals surface area (Å²) in [4.78, 5) is 0. The average molecular weight is 284 g/mol. The summed E-state index contributed by atoms with van der Waals surface area (Å²) >= 11 is 5.91. The molecular formula is C17H14ClNO. The first-order chi connectivity index (χ1) is 9.66. The molecule has 1 aromatic heterocycles. The molecule has 0 radical (unpaired) electrons. The Morgan fingerprint density at radius 3 is 2.40 bits per heavy atom. The van der Waals surface area contributed by atoms with Gasteiger partial charge in [0.15, 0.2) is 0 Å². The molecule has 0 saturated carbocycles. The van der Waals surface area contributed by atoms with Gasteiger partial charge in [-0.3, -0.25) is 0 Å². The maximum absolute atomic E-state index is 10.2. The highest BCUT2D eigenvalue weighted by Crippen LogP contribution is 2.32. The predicted molar refractivity (Wildman–Crippen MR) is 82.6 cm³/mol. The van der Waals surface area contributed by atoms with Gasteiger partial charge in [-0.05, 0) is 36.8 Å². The first-order valence-corrected chi connectivity index (χ1v) is 6.77. The summed E-state index contributed by atoms with van der Waals surface area (Å²) < 4.78 is 2.03. The van der Waals surface area contributed by atoms with Crippen molar-refractivity contribution in [2.24, 2.45) is 0 Å². The Morgan fingerprint density at radius 2 is 1.70 bits per heavy atom. The molecule has 1 heterocycles. The van der Waals surface area contributed by atoms with E-state index in [0.29, 0.717) is 5.02 Å². The van der Waals surface area contributed by atoms with Gasteiger partial charge in [-0.1, -0.05) is 41.9 Å². The lowest BCUT2D eigenvalue weighted by molar-refractivity contribution is 0.472. The van der Waals surface area contributed by atoms with E-state index in [0.717, 1.165) is 22.6 Å². The molecule has 0 unspecified atom stereocenters. The molecule has 3 rings (SSSR count). The van der Waals surface area contributed by atoms with E-state index in [2.05, 4.69) is 18.2 Å². The number of rotatable bonds is 2. The van der Waals surface area contributed by atoms with E-state index in [9.17, 15) is 5.11 Å². The van der Waals surface area contributed by atoms with Crippen LogP contribution in [0.1, 0.15) is 5.69 Å². The van der Waals surface area contributed by atoms with Crippen LogP contribution in [0, 0.1) is 6.92 Å². The molecule has 0 fully saturated rings. The van der Waals surface area contributed by atoms with Gasteiger partial charge >= 0.3 is 0 Å². The average Bonchev–Trinajstić information content (AvgIpc) is 2.82. The van der Waals surface area contributed by atoms with Crippen LogP contribution in [0.2, 0.25) is 5.02 Å². The number of nitrogens with zero attached hydrogens (tertiary/aromatic N) is 1. The van der Waals surface area contributed by atoms with Crippen molar-refractivity contribution in [3.8, 4) is 22.7 Å². The van der Waals surface area contributed by atoms with Crippen LogP contribution in [0.25, 0.3) is 16.9 Å². The van der Waals surface area contributed by atoms with E-state index in [4.69, 9.17) is 11.6 Å². The Kier molecular flexibility index (Phi) is 3.25. The number of hydrogen-bond donors (Lipinski definition) is 1. The van der Waals surface area contributed by atoms with Crippen LogP contribution < -0.4 is 0 Å². The molecule has 0 aliphatic carbocycles. The molecule has 0 spiro atoms. The van der Waals surface area contributed by atoms with E-state index >= 15 is 0 Å². The Balaban J connectivity index is 2.22. The van der Waals surface area contributed by atoms with Crippen LogP contribution in [-0.4, -0.2) is 9.67 Å². The topological polar surface area (TPSA) is 25.2 Å². The molecule has 100 valence electrons. The monoisotopic (exact) mass is 283 g/mol. The smallest absolute Gasteiger partial charge is 0.141 e. The van der Waals surface area contributed by atoms with Crippen molar-refractivity contribution in [1.29, 1.82) is 0 Å². The van der Waals surface area contributed by atoms with Gasteiger partial charge < -0.3 is 9.67 Å². The highest BCUT2D eigenvalue weighted by molar-refractivity contribution is 6.30. The van der Waals surface area contributed by atoms with Crippen LogP contribution in [0.4, 0.5) is 0 Å². The van der Waals surface area contributed by atoms with Crippen molar-refractivity contribution in [3.05, 3.63) is 71.4 Å². The van der Waals surface area contributed by atoms with Gasteiger partial charge in [0.2, 0.25) is 0 Å². The molecule has 3 heteroatoms. The fourth-order valence-electron chi connectivity index (χ4n) is 2.38. The minimum atomic E-state index is 0.175. The summed E-state index contributed by atoms with van der Waals surface area (Å²) in [5.41, 5.74) is 3.94. The quantitative estimate of drug-likeness (QED) is 0.717. The molecule has 0 saturated heterocycles. The molecule has 0 amide bonds. The van der Waals surface area contributed by atoms with Gasteiger partial charge in [-0.2, -0.15) is 0 Å². The maximum atomic E-state index is 10.2. The molecule has 0 aliphatic rings. The van der Waals surface area contributed by atoms with Crippen LogP contribution in [0.5, 0.6) is 5.75 Å². The fourth-order valence-corrected chi connectivity index (χ4v) is 2.54. The lowest BCUT2D eigenvalue weighted by atomic mass is 10.1. The second kappa shape index (κ2) is 5.06. The van der Waals surface area contributed by atoms with Gasteiger partial charge in [0, 0.05) is 16.8 Å². The van der Waals surface area contributed by atoms with Gasteiger partial charge in [-0.15, -0.1) is 0 Å². The molecule has 0 bridgehead atoms. The molecule has 0 atom stereocenters. The number of benzene rings is 2. The standard InChI is InChI=1S/C17H14ClNO/c1-12-7-9-15(13-5-3-2-4-6-13)19(12)16-10-8-14(18)11-17(16)20/h2-11,20H,1H3. The normalized spacial score (nSPS) is 10.7. The van der Waals surface area contributed by atoms with Crippen molar-refractivity contribution in [1.82, 2.24) is 4.57 Å². The van der Waals surface area contributed by atoms with Gasteiger partial charge in [0.1, 0.15) is 5.75 Å². The third-order valence-electron chi connectivity index (χ3n) is 3.32. The SMILES string of the molecule is Cc1ccc(-c2ccccc2)n1-c1ccc(Cl)cc1O. The first-order valence-electron chi connectivity index (χ1n) is 6.39. The highest BCUT2D eigenvalue weighted by atomic mass is 35.5. The van der Waals surface area contributed by atoms with Gasteiger partial charge in [0.25, 0.3) is 0 Å². The minimum Gasteiger partial charge on any atom is -0.506 e. The number of aromatic hydroxyl groups is 1. The highest BCUT2D eigenvalue weighted by Gasteiger charge is 2.12. The lowest BCUT2D eigenvalue weighted by Crippen LogP contribution is -1.99. The molecule has 2 nitrogen and oxygen atoms in total. The Hall–Kier alpha value is -2.19. The summed E-state index contributed by atoms with van der Waals surface area (Å²) in [6.45, 7) is 2.01. The zero-order valence-electron chi connectivity index (χ0n) is 11.0. The van der Waals surface area contributed by atoms with Crippen molar-refractivity contribution >= 4 is 11.6 Å². The second-order valence-corrected chi connectivity index (χ2v) is 5.13. The van der Waals surface area contributed by atoms with Crippen LogP contribution >= 0.6 is 11.6 Å². The number of halogens is 1. The molecule has 0 aliphatic heterocycles. The van der Waals surface area contributed by atoms with Crippen molar-refractivity contribution in [3.63, 3.8) is 0 Å². The number of aryl methyl sites for hydroxylation is 1. The van der Waals surface area contributed by atoms with E-state index < -0.39 is 0 Å². The Labute approximate surface area is 122 Å². The summed E-state index contributed by atoms with van der Waals surface area (Å²) in [6, 6.07) is 19.4. The Bertz CT molecular complexity index is 747. The van der Waals surface area contributed by atoms with Crippen LogP contribution in [0.3, 0.4) is 0 Å². The molecule has 2 aromatic carbocycles. The number of phenols is 1. The molecule has 1 N–H and O–H groups in total. The summed E-state index contributed by atoms with van der Waals surface area (Å²) in [7, 11) is 0. The van der Waals surface area contributed by atoms with Crippen molar-refractivity contribution in [2.75, 3.05) is 0 Å². The predicted octanol–water partition coefficient (Wildman–Crippen LogP) is 4.81. The Morgan fingerprint density at radius 1 is 0.950 bits per heavy atom. The largest absolute Gasteiger partial charge is 0.506 e. The minimum absolute atomic E-state index is 0.175. The third-order valence-corrected chi connectivity index (χ3v) is 3.56. The van der Waals surface area contributed by atoms with Crippen molar-refractivity contribution in [2.45, 2.75) is 6.92 Å². The number of phenolic OH excluding ortho intramolecular Hbond substituents is 1. The third kappa shape index (κ3) is 2.19. The summed E-state index contributed by atoms with van der Waals surface area (Å²) in [5, 5.41) is 10.7. The first kappa shape index (κ1) is 12.8. The summed E-state index contributed by atoms with van der Waals surface area (Å²) in [5.74, 6) is 0.175. The molecular weight excluding hydrogens is 270 g/mol. The van der Waals surface area contributed by atoms with E-state index in [1.54, 1.807) is 12.1 Å². The maximum Gasteiger partial charge on any atom is 0.141 e. The van der Waals surface area contributed by atoms with E-state index in [-0.39, 0.29) is 5.75 Å². The number of aromatic nitrogens is 1. The van der Waals surface area contributed by atoms with Gasteiger partial charge in [-0.25, -0.2) is 0 Å². The van der Waals surface area contributed by atoms with Crippen molar-refractivity contribution < 1.29 is 5.11 Å². The molecule has 20 heavy (non-hydrogen) atoms. The molecule has 3 aromatic rings. The van der Waals surface area contributed by atoms with Crippen LogP contribution in [0.15, 0.2) is 60.7 Å². The van der Waals surface area contributed by atoms with Crippen LogP contribution in [-0.2, 0) is 0 Å².